The smallest absolute Gasteiger partial charge is 0.320 e. The maximum absolute atomic E-state index is 12.4. The molecule has 0 saturated heterocycles. The van der Waals surface area contributed by atoms with Crippen molar-refractivity contribution in [3.63, 3.8) is 0 Å². The van der Waals surface area contributed by atoms with Gasteiger partial charge in [-0.2, -0.15) is 5.10 Å². The lowest BCUT2D eigenvalue weighted by molar-refractivity contribution is -0.143. The highest BCUT2D eigenvalue weighted by molar-refractivity contribution is 7.12. The summed E-state index contributed by atoms with van der Waals surface area (Å²) in [5, 5.41) is 5.46. The second-order valence-corrected chi connectivity index (χ2v) is 6.54. The molecule has 1 aliphatic carbocycles. The lowest BCUT2D eigenvalue weighted by Crippen LogP contribution is -2.29. The molecule has 1 aliphatic rings. The second kappa shape index (κ2) is 6.91. The number of aromatic nitrogens is 1. The molecular weight excluding hydrogens is 310 g/mol. The molecule has 120 valence electrons. The summed E-state index contributed by atoms with van der Waals surface area (Å²) in [6.07, 6.45) is 1.52. The van der Waals surface area contributed by atoms with Crippen LogP contribution in [-0.2, 0) is 16.0 Å². The van der Waals surface area contributed by atoms with Crippen molar-refractivity contribution in [3.8, 4) is 0 Å². The number of rotatable bonds is 4. The van der Waals surface area contributed by atoms with E-state index in [0.717, 1.165) is 33.4 Å². The minimum atomic E-state index is -0.443. The van der Waals surface area contributed by atoms with Gasteiger partial charge in [-0.3, -0.25) is 10.2 Å². The number of fused-ring (bicyclic) bond motifs is 1. The number of hydrogen-bond donors (Lipinski definition) is 1. The van der Waals surface area contributed by atoms with Gasteiger partial charge in [-0.25, -0.2) is 4.98 Å². The van der Waals surface area contributed by atoms with Crippen molar-refractivity contribution in [2.75, 3.05) is 12.0 Å². The van der Waals surface area contributed by atoms with Gasteiger partial charge in [0.15, 0.2) is 0 Å². The topological polar surface area (TPSA) is 63.6 Å². The fraction of sp³-hybridized carbons (Fsp3) is 0.353. The van der Waals surface area contributed by atoms with E-state index in [1.165, 1.54) is 0 Å². The third kappa shape index (κ3) is 3.42. The number of aryl methyl sites for hydroxylation is 2. The van der Waals surface area contributed by atoms with Crippen LogP contribution in [0.4, 0.5) is 5.69 Å². The first-order valence-electron chi connectivity index (χ1n) is 7.69. The summed E-state index contributed by atoms with van der Waals surface area (Å²) in [6.45, 7) is 4.14. The molecule has 2 aromatic rings. The zero-order valence-electron chi connectivity index (χ0n) is 13.2. The van der Waals surface area contributed by atoms with Crippen molar-refractivity contribution < 1.29 is 9.53 Å². The maximum Gasteiger partial charge on any atom is 0.320 e. The average molecular weight is 329 g/mol. The molecule has 0 radical (unpaired) electrons. The summed E-state index contributed by atoms with van der Waals surface area (Å²) in [6, 6.07) is 9.71. The Hall–Kier alpha value is -2.21. The highest BCUT2D eigenvalue weighted by Gasteiger charge is 2.35. The number of benzene rings is 1. The Morgan fingerprint density at radius 1 is 1.39 bits per heavy atom. The molecule has 1 aromatic heterocycles. The molecule has 0 spiro atoms. The number of para-hydroxylation sites is 1. The van der Waals surface area contributed by atoms with Gasteiger partial charge in [0.05, 0.1) is 28.7 Å². The fourth-order valence-corrected chi connectivity index (χ4v) is 3.76. The van der Waals surface area contributed by atoms with Crippen LogP contribution in [0.3, 0.4) is 0 Å². The highest BCUT2D eigenvalue weighted by atomic mass is 32.1. The van der Waals surface area contributed by atoms with Gasteiger partial charge in [-0.1, -0.05) is 18.2 Å². The van der Waals surface area contributed by atoms with E-state index in [1.807, 2.05) is 44.2 Å². The molecular formula is C17H19N3O2S. The minimum Gasteiger partial charge on any atom is -0.465 e. The average Bonchev–Trinajstić information content (AvgIpc) is 2.93. The highest BCUT2D eigenvalue weighted by Crippen LogP contribution is 2.35. The standard InChI is InChI=1S/C17H19N3O2S/c1-3-22-17(21)15-13(20-19-12-7-5-4-6-8-12)9-10-14-16(15)23-11(2)18-14/h4-8,15,19H,3,9-10H2,1-2H3/b20-13+. The normalized spacial score (nSPS) is 18.5. The Balaban J connectivity index is 1.90. The molecule has 0 fully saturated rings. The number of hydrazone groups is 1. The minimum absolute atomic E-state index is 0.245. The molecule has 6 heteroatoms. The van der Waals surface area contributed by atoms with Crippen LogP contribution in [0.25, 0.3) is 0 Å². The largest absolute Gasteiger partial charge is 0.465 e. The van der Waals surface area contributed by atoms with Gasteiger partial charge in [0.25, 0.3) is 0 Å². The predicted octanol–water partition coefficient (Wildman–Crippen LogP) is 3.51. The molecule has 0 saturated carbocycles. The summed E-state index contributed by atoms with van der Waals surface area (Å²) in [5.41, 5.74) is 5.75. The number of carbonyl (C=O) groups excluding carboxylic acids is 1. The summed E-state index contributed by atoms with van der Waals surface area (Å²) in [7, 11) is 0. The molecule has 5 nitrogen and oxygen atoms in total. The molecule has 23 heavy (non-hydrogen) atoms. The van der Waals surface area contributed by atoms with E-state index in [2.05, 4.69) is 15.5 Å². The number of ether oxygens (including phenoxy) is 1. The number of anilines is 1. The number of hydrogen-bond acceptors (Lipinski definition) is 6. The van der Waals surface area contributed by atoms with Crippen LogP contribution in [0.5, 0.6) is 0 Å². The van der Waals surface area contributed by atoms with E-state index in [1.54, 1.807) is 11.3 Å². The molecule has 1 unspecified atom stereocenters. The van der Waals surface area contributed by atoms with E-state index in [0.29, 0.717) is 13.0 Å². The Morgan fingerprint density at radius 2 is 2.17 bits per heavy atom. The van der Waals surface area contributed by atoms with Crippen LogP contribution in [0.1, 0.15) is 34.8 Å². The number of esters is 1. The van der Waals surface area contributed by atoms with Gasteiger partial charge in [-0.15, -0.1) is 11.3 Å². The zero-order valence-corrected chi connectivity index (χ0v) is 14.0. The second-order valence-electron chi connectivity index (χ2n) is 5.31. The Labute approximate surface area is 139 Å². The molecule has 0 aliphatic heterocycles. The van der Waals surface area contributed by atoms with Gasteiger partial charge in [0.1, 0.15) is 5.92 Å². The predicted molar refractivity (Wildman–Crippen MR) is 92.0 cm³/mol. The van der Waals surface area contributed by atoms with E-state index in [4.69, 9.17) is 4.74 Å². The fourth-order valence-electron chi connectivity index (χ4n) is 2.67. The Bertz CT molecular complexity index is 725. The van der Waals surface area contributed by atoms with Crippen molar-refractivity contribution in [2.45, 2.75) is 32.6 Å². The summed E-state index contributed by atoms with van der Waals surface area (Å²) in [4.78, 5) is 17.9. The van der Waals surface area contributed by atoms with Crippen molar-refractivity contribution >= 4 is 28.7 Å². The first-order chi connectivity index (χ1) is 11.2. The summed E-state index contributed by atoms with van der Waals surface area (Å²) < 4.78 is 5.26. The lowest BCUT2D eigenvalue weighted by atomic mass is 9.89. The van der Waals surface area contributed by atoms with Crippen molar-refractivity contribution in [3.05, 3.63) is 45.9 Å². The van der Waals surface area contributed by atoms with Crippen LogP contribution >= 0.6 is 11.3 Å². The zero-order chi connectivity index (χ0) is 16.2. The quantitative estimate of drug-likeness (QED) is 0.689. The van der Waals surface area contributed by atoms with Crippen molar-refractivity contribution in [2.24, 2.45) is 5.10 Å². The van der Waals surface area contributed by atoms with Gasteiger partial charge in [-0.05, 0) is 38.8 Å². The van der Waals surface area contributed by atoms with Crippen LogP contribution in [0.15, 0.2) is 35.4 Å². The summed E-state index contributed by atoms with van der Waals surface area (Å²) in [5.74, 6) is -0.688. The molecule has 1 N–H and O–H groups in total. The van der Waals surface area contributed by atoms with E-state index in [-0.39, 0.29) is 5.97 Å². The van der Waals surface area contributed by atoms with Gasteiger partial charge in [0.2, 0.25) is 0 Å². The Morgan fingerprint density at radius 3 is 2.91 bits per heavy atom. The third-order valence-corrected chi connectivity index (χ3v) is 4.75. The van der Waals surface area contributed by atoms with Crippen molar-refractivity contribution in [1.29, 1.82) is 0 Å². The maximum atomic E-state index is 12.4. The van der Waals surface area contributed by atoms with Gasteiger partial charge in [0, 0.05) is 4.88 Å². The molecule has 1 heterocycles. The van der Waals surface area contributed by atoms with E-state index >= 15 is 0 Å². The van der Waals surface area contributed by atoms with Crippen LogP contribution in [0, 0.1) is 6.92 Å². The lowest BCUT2D eigenvalue weighted by Gasteiger charge is -2.22. The molecule has 0 amide bonds. The van der Waals surface area contributed by atoms with Crippen LogP contribution in [0.2, 0.25) is 0 Å². The summed E-state index contributed by atoms with van der Waals surface area (Å²) >= 11 is 1.56. The molecule has 0 bridgehead atoms. The van der Waals surface area contributed by atoms with Crippen LogP contribution < -0.4 is 5.43 Å². The van der Waals surface area contributed by atoms with Crippen LogP contribution in [-0.4, -0.2) is 23.3 Å². The first kappa shape index (κ1) is 15.7. The number of nitrogens with zero attached hydrogens (tertiary/aromatic N) is 2. The molecule has 1 atom stereocenters. The number of thiazole rings is 1. The third-order valence-electron chi connectivity index (χ3n) is 3.67. The monoisotopic (exact) mass is 329 g/mol. The Kier molecular flexibility index (Phi) is 4.71. The SMILES string of the molecule is CCOC(=O)C1/C(=N/Nc2ccccc2)CCc2nc(C)sc21. The van der Waals surface area contributed by atoms with Gasteiger partial charge < -0.3 is 4.74 Å². The molecule has 3 rings (SSSR count). The number of nitrogens with one attached hydrogen (secondary N) is 1. The van der Waals surface area contributed by atoms with Crippen molar-refractivity contribution in [1.82, 2.24) is 4.98 Å². The molecule has 1 aromatic carbocycles. The number of carbonyl (C=O) groups is 1. The first-order valence-corrected chi connectivity index (χ1v) is 8.51. The van der Waals surface area contributed by atoms with E-state index in [9.17, 15) is 4.79 Å². The van der Waals surface area contributed by atoms with E-state index < -0.39 is 5.92 Å². The van der Waals surface area contributed by atoms with Gasteiger partial charge >= 0.3 is 5.97 Å².